The minimum Gasteiger partial charge on any atom is -0.471 e. The fourth-order valence-corrected chi connectivity index (χ4v) is 2.65. The molecule has 1 atom stereocenters. The van der Waals surface area contributed by atoms with Crippen LogP contribution in [-0.4, -0.2) is 24.7 Å². The fourth-order valence-electron chi connectivity index (χ4n) is 2.65. The van der Waals surface area contributed by atoms with Gasteiger partial charge in [0.2, 0.25) is 5.90 Å². The van der Waals surface area contributed by atoms with E-state index in [0.29, 0.717) is 18.6 Å². The quantitative estimate of drug-likeness (QED) is 0.701. The molecule has 1 aliphatic heterocycles. The van der Waals surface area contributed by atoms with Crippen LogP contribution in [0.4, 0.5) is 0 Å². The average molecular weight is 329 g/mol. The molecule has 0 aromatic carbocycles. The molecule has 2 N–H and O–H groups in total. The van der Waals surface area contributed by atoms with E-state index >= 15 is 0 Å². The second kappa shape index (κ2) is 14.8. The third-order valence-corrected chi connectivity index (χ3v) is 4.24. The van der Waals surface area contributed by atoms with E-state index in [1.165, 1.54) is 25.7 Å². The number of rotatable bonds is 5. The van der Waals surface area contributed by atoms with Crippen LogP contribution in [0.1, 0.15) is 92.4 Å². The normalized spacial score (nSPS) is 26.3. The summed E-state index contributed by atoms with van der Waals surface area (Å²) in [7, 11) is 0. The number of unbranched alkanes of at least 4 members (excludes halogenated alkanes) is 3. The van der Waals surface area contributed by atoms with Gasteiger partial charge in [-0.05, 0) is 32.1 Å². The Labute approximate surface area is 144 Å². The first-order valence-electron chi connectivity index (χ1n) is 9.83. The molecule has 1 saturated carbocycles. The summed E-state index contributed by atoms with van der Waals surface area (Å²) >= 11 is 0. The van der Waals surface area contributed by atoms with E-state index in [0.717, 1.165) is 38.0 Å². The number of oxime groups is 1. The van der Waals surface area contributed by atoms with Gasteiger partial charge in [-0.2, -0.15) is 0 Å². The van der Waals surface area contributed by atoms with Crippen LogP contribution < -0.4 is 5.73 Å². The molecule has 4 nitrogen and oxygen atoms in total. The highest BCUT2D eigenvalue weighted by molar-refractivity contribution is 5.78. The molecule has 0 radical (unpaired) electrons. The minimum atomic E-state index is 0.188. The van der Waals surface area contributed by atoms with E-state index in [1.807, 2.05) is 13.8 Å². The Hall–Kier alpha value is -0.770. The summed E-state index contributed by atoms with van der Waals surface area (Å²) in [6.07, 6.45) is 11.0. The van der Waals surface area contributed by atoms with Crippen molar-refractivity contribution in [2.75, 3.05) is 6.61 Å². The van der Waals surface area contributed by atoms with Crippen molar-refractivity contribution in [2.24, 2.45) is 16.8 Å². The topological polar surface area (TPSA) is 56.8 Å². The maximum atomic E-state index is 5.87. The number of ether oxygens (including phenoxy) is 1. The fraction of sp³-hybridized carbons (Fsp3) is 0.947. The lowest BCUT2D eigenvalue weighted by molar-refractivity contribution is -0.000404. The molecule has 1 unspecified atom stereocenters. The smallest absolute Gasteiger partial charge is 0.229 e. The van der Waals surface area contributed by atoms with Crippen LogP contribution in [-0.2, 0) is 9.57 Å². The Kier molecular flexibility index (Phi) is 14.3. The summed E-state index contributed by atoms with van der Waals surface area (Å²) in [5.41, 5.74) is 5.87. The van der Waals surface area contributed by atoms with Crippen molar-refractivity contribution in [2.45, 2.75) is 105 Å². The van der Waals surface area contributed by atoms with Gasteiger partial charge < -0.3 is 15.3 Å². The van der Waals surface area contributed by atoms with Crippen molar-refractivity contribution in [3.63, 3.8) is 0 Å². The first-order chi connectivity index (χ1) is 11.2. The molecule has 0 saturated heterocycles. The van der Waals surface area contributed by atoms with Gasteiger partial charge in [0.1, 0.15) is 6.10 Å². The molecule has 4 heteroatoms. The van der Waals surface area contributed by atoms with Gasteiger partial charge in [0.25, 0.3) is 0 Å². The summed E-state index contributed by atoms with van der Waals surface area (Å²) in [4.78, 5) is 5.20. The van der Waals surface area contributed by atoms with Crippen LogP contribution >= 0.6 is 0 Å². The molecular weight excluding hydrogens is 288 g/mol. The first kappa shape index (κ1) is 22.2. The Morgan fingerprint density at radius 3 is 2.04 bits per heavy atom. The van der Waals surface area contributed by atoms with E-state index in [-0.39, 0.29) is 6.10 Å². The summed E-state index contributed by atoms with van der Waals surface area (Å²) in [5, 5.41) is 4.03. The van der Waals surface area contributed by atoms with Crippen molar-refractivity contribution < 1.29 is 9.57 Å². The molecule has 0 spiro atoms. The molecule has 1 fully saturated rings. The van der Waals surface area contributed by atoms with Gasteiger partial charge in [0.05, 0.1) is 0 Å². The molecule has 2 aliphatic rings. The summed E-state index contributed by atoms with van der Waals surface area (Å²) in [6, 6.07) is 0.369. The summed E-state index contributed by atoms with van der Waals surface area (Å²) < 4.78 is 5.79. The third-order valence-electron chi connectivity index (χ3n) is 4.24. The monoisotopic (exact) mass is 328 g/mol. The van der Waals surface area contributed by atoms with Gasteiger partial charge >= 0.3 is 0 Å². The molecule has 138 valence electrons. The van der Waals surface area contributed by atoms with Gasteiger partial charge in [-0.15, -0.1) is 0 Å². The molecular formula is C19H40N2O2. The van der Waals surface area contributed by atoms with Gasteiger partial charge in [-0.3, -0.25) is 0 Å². The van der Waals surface area contributed by atoms with E-state index < -0.39 is 0 Å². The van der Waals surface area contributed by atoms with Gasteiger partial charge in [0.15, 0.2) is 6.61 Å². The maximum Gasteiger partial charge on any atom is 0.229 e. The van der Waals surface area contributed by atoms with Crippen LogP contribution in [0.2, 0.25) is 0 Å². The highest BCUT2D eigenvalue weighted by Crippen LogP contribution is 2.27. The van der Waals surface area contributed by atoms with Gasteiger partial charge in [0, 0.05) is 12.0 Å². The number of hydrogen-bond donors (Lipinski definition) is 1. The van der Waals surface area contributed by atoms with Crippen LogP contribution in [0.5, 0.6) is 0 Å². The largest absolute Gasteiger partial charge is 0.471 e. The SMILES string of the molecule is CC.CCC1CON=C(C2CCC(N)CC2)O1.CCCCCC. The zero-order chi connectivity index (χ0) is 17.5. The molecule has 1 heterocycles. The highest BCUT2D eigenvalue weighted by atomic mass is 16.7. The molecule has 0 aromatic heterocycles. The standard InChI is InChI=1S/C11H20N2O2.C6H14.C2H6/c1-2-10-7-14-13-11(15-10)8-3-5-9(12)6-4-8;1-3-5-6-4-2;1-2/h8-10H,2-7,12H2,1H3;3-6H2,1-2H3;1-2H3. The third kappa shape index (κ3) is 9.85. The number of hydrogen-bond acceptors (Lipinski definition) is 4. The van der Waals surface area contributed by atoms with E-state index in [2.05, 4.69) is 25.9 Å². The van der Waals surface area contributed by atoms with E-state index in [4.69, 9.17) is 15.3 Å². The molecule has 1 aliphatic carbocycles. The first-order valence-corrected chi connectivity index (χ1v) is 9.83. The van der Waals surface area contributed by atoms with Crippen molar-refractivity contribution in [3.8, 4) is 0 Å². The molecule has 0 aromatic rings. The Bertz CT molecular complexity index is 283. The van der Waals surface area contributed by atoms with Crippen molar-refractivity contribution >= 4 is 5.90 Å². The second-order valence-corrected chi connectivity index (χ2v) is 6.19. The minimum absolute atomic E-state index is 0.188. The molecule has 23 heavy (non-hydrogen) atoms. The van der Waals surface area contributed by atoms with Crippen molar-refractivity contribution in [1.82, 2.24) is 0 Å². The summed E-state index contributed by atoms with van der Waals surface area (Å²) in [6.45, 7) is 11.2. The number of nitrogens with zero attached hydrogens (tertiary/aromatic N) is 1. The molecule has 0 amide bonds. The lowest BCUT2D eigenvalue weighted by atomic mass is 9.86. The predicted octanol–water partition coefficient (Wildman–Crippen LogP) is 5.26. The zero-order valence-electron chi connectivity index (χ0n) is 16.1. The Morgan fingerprint density at radius 1 is 1.00 bits per heavy atom. The molecule has 2 rings (SSSR count). The van der Waals surface area contributed by atoms with E-state index in [9.17, 15) is 0 Å². The zero-order valence-corrected chi connectivity index (χ0v) is 16.1. The highest BCUT2D eigenvalue weighted by Gasteiger charge is 2.28. The van der Waals surface area contributed by atoms with Crippen LogP contribution in [0.25, 0.3) is 0 Å². The van der Waals surface area contributed by atoms with Crippen molar-refractivity contribution in [1.29, 1.82) is 0 Å². The van der Waals surface area contributed by atoms with Crippen molar-refractivity contribution in [3.05, 3.63) is 0 Å². The number of nitrogens with two attached hydrogens (primary N) is 1. The van der Waals surface area contributed by atoms with Gasteiger partial charge in [-0.1, -0.05) is 65.5 Å². The molecule has 0 bridgehead atoms. The van der Waals surface area contributed by atoms with E-state index in [1.54, 1.807) is 0 Å². The Balaban J connectivity index is 0.000000515. The lowest BCUT2D eigenvalue weighted by Crippen LogP contribution is -2.35. The maximum absolute atomic E-state index is 5.87. The van der Waals surface area contributed by atoms with Crippen LogP contribution in [0.3, 0.4) is 0 Å². The van der Waals surface area contributed by atoms with Crippen LogP contribution in [0.15, 0.2) is 5.16 Å². The second-order valence-electron chi connectivity index (χ2n) is 6.19. The average Bonchev–Trinajstić information content (AvgIpc) is 2.63. The summed E-state index contributed by atoms with van der Waals surface area (Å²) in [5.74, 6) is 1.24. The Morgan fingerprint density at radius 2 is 1.57 bits per heavy atom. The van der Waals surface area contributed by atoms with Crippen LogP contribution in [0, 0.1) is 5.92 Å². The van der Waals surface area contributed by atoms with Gasteiger partial charge in [-0.25, -0.2) is 0 Å². The lowest BCUT2D eigenvalue weighted by Gasteiger charge is -2.30. The predicted molar refractivity (Wildman–Crippen MR) is 99.6 cm³/mol.